The monoisotopic (exact) mass is 350 g/mol. The molecule has 0 heterocycles. The Kier molecular flexibility index (Phi) is 4.53. The fourth-order valence-electron chi connectivity index (χ4n) is 2.57. The van der Waals surface area contributed by atoms with Gasteiger partial charge in [-0.15, -0.1) is 0 Å². The van der Waals surface area contributed by atoms with E-state index in [-0.39, 0.29) is 16.8 Å². The van der Waals surface area contributed by atoms with Crippen LogP contribution in [-0.4, -0.2) is 28.2 Å². The third kappa shape index (κ3) is 3.62. The number of carboxylic acid groups (broad SMARTS) is 2. The van der Waals surface area contributed by atoms with Gasteiger partial charge >= 0.3 is 18.0 Å². The lowest BCUT2D eigenvalue weighted by molar-refractivity contribution is 0.0696. The van der Waals surface area contributed by atoms with Crippen LogP contribution in [0.25, 0.3) is 10.8 Å². The highest BCUT2D eigenvalue weighted by Crippen LogP contribution is 2.23. The highest BCUT2D eigenvalue weighted by atomic mass is 16.4. The highest BCUT2D eigenvalue weighted by molar-refractivity contribution is 6.07. The molecule has 2 amide bonds. The lowest BCUT2D eigenvalue weighted by atomic mass is 10.1. The smallest absolute Gasteiger partial charge is 0.335 e. The van der Waals surface area contributed by atoms with Gasteiger partial charge in [0, 0.05) is 11.1 Å². The molecule has 4 N–H and O–H groups in total. The van der Waals surface area contributed by atoms with Crippen LogP contribution in [0.4, 0.5) is 16.2 Å². The molecule has 7 nitrogen and oxygen atoms in total. The Labute approximate surface area is 147 Å². The fourth-order valence-corrected chi connectivity index (χ4v) is 2.57. The molecule has 0 bridgehead atoms. The molecule has 3 aromatic carbocycles. The summed E-state index contributed by atoms with van der Waals surface area (Å²) in [7, 11) is 0. The molecule has 0 aromatic heterocycles. The van der Waals surface area contributed by atoms with Crippen molar-refractivity contribution in [2.45, 2.75) is 0 Å². The van der Waals surface area contributed by atoms with Crippen LogP contribution < -0.4 is 10.6 Å². The summed E-state index contributed by atoms with van der Waals surface area (Å²) in [5.74, 6) is -2.57. The number of carboxylic acids is 2. The van der Waals surface area contributed by atoms with Gasteiger partial charge in [-0.25, -0.2) is 14.4 Å². The number of anilines is 2. The van der Waals surface area contributed by atoms with Crippen molar-refractivity contribution in [3.05, 3.63) is 71.8 Å². The van der Waals surface area contributed by atoms with Crippen LogP contribution in [0.2, 0.25) is 0 Å². The van der Waals surface area contributed by atoms with Gasteiger partial charge in [-0.2, -0.15) is 0 Å². The van der Waals surface area contributed by atoms with E-state index in [0.29, 0.717) is 5.69 Å². The summed E-state index contributed by atoms with van der Waals surface area (Å²) >= 11 is 0. The first kappa shape index (κ1) is 17.0. The molecule has 26 heavy (non-hydrogen) atoms. The number of nitrogens with one attached hydrogen (secondary N) is 2. The van der Waals surface area contributed by atoms with E-state index >= 15 is 0 Å². The third-order valence-electron chi connectivity index (χ3n) is 3.72. The predicted molar refractivity (Wildman–Crippen MR) is 97.0 cm³/mol. The molecule has 0 aliphatic rings. The van der Waals surface area contributed by atoms with Crippen molar-refractivity contribution in [2.75, 3.05) is 10.6 Å². The molecule has 3 rings (SSSR count). The first-order valence-corrected chi connectivity index (χ1v) is 7.61. The normalized spacial score (nSPS) is 10.3. The Balaban J connectivity index is 1.86. The number of rotatable bonds is 4. The number of urea groups is 1. The highest BCUT2D eigenvalue weighted by Gasteiger charge is 2.13. The molecule has 0 spiro atoms. The van der Waals surface area contributed by atoms with E-state index < -0.39 is 18.0 Å². The number of carbonyl (C=O) groups excluding carboxylic acids is 1. The zero-order valence-electron chi connectivity index (χ0n) is 13.4. The summed E-state index contributed by atoms with van der Waals surface area (Å²) in [5, 5.41) is 25.1. The minimum absolute atomic E-state index is 0.0695. The molecule has 7 heteroatoms. The Morgan fingerprint density at radius 3 is 2.00 bits per heavy atom. The van der Waals surface area contributed by atoms with E-state index in [2.05, 4.69) is 10.6 Å². The summed E-state index contributed by atoms with van der Waals surface area (Å²) in [6.07, 6.45) is 0. The number of carbonyl (C=O) groups is 3. The van der Waals surface area contributed by atoms with Crippen LogP contribution in [0.1, 0.15) is 20.7 Å². The largest absolute Gasteiger partial charge is 0.478 e. The summed E-state index contributed by atoms with van der Waals surface area (Å²) < 4.78 is 0. The molecule has 0 saturated heterocycles. The van der Waals surface area contributed by atoms with Crippen LogP contribution in [0, 0.1) is 0 Å². The molecule has 0 aliphatic carbocycles. The number of hydrogen-bond acceptors (Lipinski definition) is 3. The molecular weight excluding hydrogens is 336 g/mol. The topological polar surface area (TPSA) is 116 Å². The minimum atomic E-state index is -1.29. The van der Waals surface area contributed by atoms with E-state index in [4.69, 9.17) is 10.2 Å². The molecular formula is C19H14N2O5. The van der Waals surface area contributed by atoms with Gasteiger partial charge in [0.05, 0.1) is 16.8 Å². The van der Waals surface area contributed by atoms with E-state index in [1.165, 1.54) is 12.1 Å². The van der Waals surface area contributed by atoms with Crippen molar-refractivity contribution in [1.82, 2.24) is 0 Å². The minimum Gasteiger partial charge on any atom is -0.478 e. The molecule has 0 fully saturated rings. The molecule has 130 valence electrons. The second-order valence-electron chi connectivity index (χ2n) is 5.52. The number of hydrogen-bond donors (Lipinski definition) is 4. The number of benzene rings is 3. The van der Waals surface area contributed by atoms with Gasteiger partial charge in [-0.1, -0.05) is 36.4 Å². The van der Waals surface area contributed by atoms with Gasteiger partial charge in [-0.3, -0.25) is 0 Å². The number of amides is 2. The van der Waals surface area contributed by atoms with Gasteiger partial charge in [0.15, 0.2) is 0 Å². The van der Waals surface area contributed by atoms with Crippen LogP contribution in [0.5, 0.6) is 0 Å². The van der Waals surface area contributed by atoms with Crippen LogP contribution >= 0.6 is 0 Å². The van der Waals surface area contributed by atoms with Crippen molar-refractivity contribution in [3.63, 3.8) is 0 Å². The van der Waals surface area contributed by atoms with Crippen molar-refractivity contribution in [1.29, 1.82) is 0 Å². The van der Waals surface area contributed by atoms with Crippen molar-refractivity contribution < 1.29 is 24.6 Å². The molecule has 0 atom stereocenters. The first-order valence-electron chi connectivity index (χ1n) is 7.61. The van der Waals surface area contributed by atoms with Crippen molar-refractivity contribution >= 4 is 40.1 Å². The fraction of sp³-hybridized carbons (Fsp3) is 0. The Hall–Kier alpha value is -3.87. The van der Waals surface area contributed by atoms with Gasteiger partial charge < -0.3 is 20.8 Å². The Morgan fingerprint density at radius 1 is 0.731 bits per heavy atom. The van der Waals surface area contributed by atoms with E-state index in [1.807, 2.05) is 30.3 Å². The average molecular weight is 350 g/mol. The second-order valence-corrected chi connectivity index (χ2v) is 5.52. The van der Waals surface area contributed by atoms with Gasteiger partial charge in [-0.05, 0) is 29.7 Å². The molecule has 3 aromatic rings. The van der Waals surface area contributed by atoms with Crippen LogP contribution in [0.15, 0.2) is 60.7 Å². The van der Waals surface area contributed by atoms with Crippen LogP contribution in [-0.2, 0) is 0 Å². The lowest BCUT2D eigenvalue weighted by Crippen LogP contribution is -2.20. The molecule has 0 saturated carbocycles. The maximum atomic E-state index is 12.3. The summed E-state index contributed by atoms with van der Waals surface area (Å²) in [6.45, 7) is 0. The molecule has 0 unspecified atom stereocenters. The Morgan fingerprint density at radius 2 is 1.35 bits per heavy atom. The van der Waals surface area contributed by atoms with E-state index in [9.17, 15) is 14.4 Å². The summed E-state index contributed by atoms with van der Waals surface area (Å²) in [4.78, 5) is 34.5. The van der Waals surface area contributed by atoms with Crippen LogP contribution in [0.3, 0.4) is 0 Å². The quantitative estimate of drug-likeness (QED) is 0.570. The zero-order valence-corrected chi connectivity index (χ0v) is 13.4. The van der Waals surface area contributed by atoms with Gasteiger partial charge in [0.25, 0.3) is 0 Å². The molecule has 0 aliphatic heterocycles. The third-order valence-corrected chi connectivity index (χ3v) is 3.72. The Bertz CT molecular complexity index is 992. The van der Waals surface area contributed by atoms with Crippen molar-refractivity contribution in [3.8, 4) is 0 Å². The van der Waals surface area contributed by atoms with Gasteiger partial charge in [0.2, 0.25) is 0 Å². The maximum absolute atomic E-state index is 12.3. The number of aromatic carboxylic acids is 2. The first-order chi connectivity index (χ1) is 12.4. The maximum Gasteiger partial charge on any atom is 0.335 e. The standard InChI is InChI=1S/C19H14N2O5/c22-17(23)12-8-13(18(24)25)10-14(9-12)20-19(26)21-16-7-3-5-11-4-1-2-6-15(11)16/h1-10H,(H,22,23)(H,24,25)(H2,20,21,26). The van der Waals surface area contributed by atoms with Gasteiger partial charge in [0.1, 0.15) is 0 Å². The molecule has 0 radical (unpaired) electrons. The second kappa shape index (κ2) is 6.94. The van der Waals surface area contributed by atoms with Crippen molar-refractivity contribution in [2.24, 2.45) is 0 Å². The number of fused-ring (bicyclic) bond motifs is 1. The van der Waals surface area contributed by atoms with E-state index in [1.54, 1.807) is 12.1 Å². The SMILES string of the molecule is O=C(Nc1cc(C(=O)O)cc(C(=O)O)c1)Nc1cccc2ccccc12. The average Bonchev–Trinajstić information content (AvgIpc) is 2.61. The summed E-state index contributed by atoms with van der Waals surface area (Å²) in [6, 6.07) is 15.7. The predicted octanol–water partition coefficient (Wildman–Crippen LogP) is 3.88. The zero-order chi connectivity index (χ0) is 18.7. The van der Waals surface area contributed by atoms with E-state index in [0.717, 1.165) is 16.8 Å². The summed E-state index contributed by atoms with van der Waals surface area (Å²) in [5.41, 5.74) is 0.184. The lowest BCUT2D eigenvalue weighted by Gasteiger charge is -2.11.